The third kappa shape index (κ3) is 2.06. The molecular weight excluding hydrogens is 296 g/mol. The highest BCUT2D eigenvalue weighted by molar-refractivity contribution is 8.01. The first-order valence-electron chi connectivity index (χ1n) is 8.04. The van der Waals surface area contributed by atoms with Crippen molar-refractivity contribution in [2.45, 2.75) is 43.0 Å². The molecule has 2 heterocycles. The quantitative estimate of drug-likeness (QED) is 0.910. The van der Waals surface area contributed by atoms with Crippen LogP contribution in [0.25, 0.3) is 0 Å². The molecule has 2 amide bonds. The molecule has 0 aromatic heterocycles. The van der Waals surface area contributed by atoms with Gasteiger partial charge in [0.2, 0.25) is 5.91 Å². The molecular formula is C17H20N2O2S. The summed E-state index contributed by atoms with van der Waals surface area (Å²) in [6.45, 7) is 0.707. The van der Waals surface area contributed by atoms with Gasteiger partial charge in [-0.1, -0.05) is 24.3 Å². The van der Waals surface area contributed by atoms with Gasteiger partial charge in [-0.05, 0) is 36.8 Å². The van der Waals surface area contributed by atoms with E-state index in [9.17, 15) is 9.59 Å². The van der Waals surface area contributed by atoms with E-state index >= 15 is 0 Å². The first kappa shape index (κ1) is 14.1. The summed E-state index contributed by atoms with van der Waals surface area (Å²) in [5.74, 6) is 1.02. The summed E-state index contributed by atoms with van der Waals surface area (Å²) in [4.78, 5) is 26.1. The highest BCUT2D eigenvalue weighted by atomic mass is 32.2. The molecule has 0 radical (unpaired) electrons. The zero-order valence-electron chi connectivity index (χ0n) is 12.5. The van der Waals surface area contributed by atoms with Crippen molar-refractivity contribution in [2.75, 3.05) is 12.3 Å². The van der Waals surface area contributed by atoms with Crippen molar-refractivity contribution in [3.05, 3.63) is 35.4 Å². The Hall–Kier alpha value is -1.49. The first-order chi connectivity index (χ1) is 10.7. The lowest BCUT2D eigenvalue weighted by molar-refractivity contribution is -0.136. The number of hydrogen-bond acceptors (Lipinski definition) is 3. The van der Waals surface area contributed by atoms with Crippen molar-refractivity contribution in [2.24, 2.45) is 0 Å². The monoisotopic (exact) mass is 316 g/mol. The van der Waals surface area contributed by atoms with Crippen LogP contribution in [0.4, 0.5) is 0 Å². The molecule has 1 aliphatic carbocycles. The number of rotatable bonds is 2. The molecule has 0 saturated carbocycles. The molecule has 1 aromatic carbocycles. The summed E-state index contributed by atoms with van der Waals surface area (Å²) in [6, 6.07) is 8.46. The maximum Gasteiger partial charge on any atom is 0.257 e. The van der Waals surface area contributed by atoms with Gasteiger partial charge in [0.05, 0.1) is 6.04 Å². The Labute approximate surface area is 134 Å². The van der Waals surface area contributed by atoms with Crippen LogP contribution in [-0.2, 0) is 16.0 Å². The van der Waals surface area contributed by atoms with Gasteiger partial charge in [0, 0.05) is 18.7 Å². The van der Waals surface area contributed by atoms with Gasteiger partial charge in [0.15, 0.2) is 4.87 Å². The van der Waals surface area contributed by atoms with Gasteiger partial charge in [-0.15, -0.1) is 11.8 Å². The minimum atomic E-state index is -0.635. The van der Waals surface area contributed by atoms with Crippen LogP contribution < -0.4 is 5.32 Å². The maximum absolute atomic E-state index is 12.9. The Kier molecular flexibility index (Phi) is 3.40. The molecule has 2 atom stereocenters. The van der Waals surface area contributed by atoms with Crippen LogP contribution in [0.3, 0.4) is 0 Å². The Morgan fingerprint density at radius 1 is 1.32 bits per heavy atom. The predicted molar refractivity (Wildman–Crippen MR) is 86.4 cm³/mol. The van der Waals surface area contributed by atoms with E-state index in [1.165, 1.54) is 11.1 Å². The van der Waals surface area contributed by atoms with Gasteiger partial charge in [-0.3, -0.25) is 9.59 Å². The molecule has 2 aliphatic heterocycles. The second-order valence-electron chi connectivity index (χ2n) is 6.30. The van der Waals surface area contributed by atoms with Crippen LogP contribution in [0.1, 0.15) is 42.9 Å². The van der Waals surface area contributed by atoms with Crippen LogP contribution in [0.2, 0.25) is 0 Å². The normalized spacial score (nSPS) is 30.1. The SMILES string of the molecule is O=C1CCC2(C(=O)NC3CCCc4ccccc43)SCCN12. The first-order valence-corrected chi connectivity index (χ1v) is 9.02. The molecule has 1 aromatic rings. The van der Waals surface area contributed by atoms with Crippen LogP contribution in [-0.4, -0.2) is 33.9 Å². The minimum Gasteiger partial charge on any atom is -0.346 e. The Morgan fingerprint density at radius 3 is 3.09 bits per heavy atom. The Morgan fingerprint density at radius 2 is 2.18 bits per heavy atom. The van der Waals surface area contributed by atoms with Crippen molar-refractivity contribution >= 4 is 23.6 Å². The van der Waals surface area contributed by atoms with E-state index in [1.54, 1.807) is 16.7 Å². The summed E-state index contributed by atoms with van der Waals surface area (Å²) in [5, 5.41) is 3.25. The van der Waals surface area contributed by atoms with Gasteiger partial charge in [0.25, 0.3) is 5.91 Å². The van der Waals surface area contributed by atoms with E-state index in [1.807, 2.05) is 6.07 Å². The second kappa shape index (κ2) is 5.30. The van der Waals surface area contributed by atoms with E-state index in [4.69, 9.17) is 0 Å². The third-order valence-corrected chi connectivity index (χ3v) is 6.57. The van der Waals surface area contributed by atoms with Crippen molar-refractivity contribution in [3.8, 4) is 0 Å². The number of nitrogens with zero attached hydrogens (tertiary/aromatic N) is 1. The van der Waals surface area contributed by atoms with Gasteiger partial charge in [-0.2, -0.15) is 0 Å². The van der Waals surface area contributed by atoms with Crippen molar-refractivity contribution in [1.82, 2.24) is 10.2 Å². The van der Waals surface area contributed by atoms with Crippen LogP contribution >= 0.6 is 11.8 Å². The minimum absolute atomic E-state index is 0.0301. The van der Waals surface area contributed by atoms with E-state index in [0.717, 1.165) is 25.0 Å². The largest absolute Gasteiger partial charge is 0.346 e. The summed E-state index contributed by atoms with van der Waals surface area (Å²) < 4.78 is 0. The number of carbonyl (C=O) groups is 2. The summed E-state index contributed by atoms with van der Waals surface area (Å²) >= 11 is 1.64. The standard InChI is InChI=1S/C17H20N2O2S/c20-15-8-9-17(19(15)10-11-22-17)16(21)18-14-7-3-5-12-4-1-2-6-13(12)14/h1-2,4,6,14H,3,5,7-11H2,(H,18,21). The lowest BCUT2D eigenvalue weighted by Crippen LogP contribution is -2.52. The van der Waals surface area contributed by atoms with Crippen LogP contribution in [0.15, 0.2) is 24.3 Å². The maximum atomic E-state index is 12.9. The molecule has 5 heteroatoms. The fourth-order valence-electron chi connectivity index (χ4n) is 3.99. The number of fused-ring (bicyclic) bond motifs is 2. The van der Waals surface area contributed by atoms with E-state index in [2.05, 4.69) is 23.5 Å². The van der Waals surface area contributed by atoms with Crippen molar-refractivity contribution < 1.29 is 9.59 Å². The number of hydrogen-bond donors (Lipinski definition) is 1. The number of benzene rings is 1. The summed E-state index contributed by atoms with van der Waals surface area (Å²) in [7, 11) is 0. The Bertz CT molecular complexity index is 633. The molecule has 1 N–H and O–H groups in total. The van der Waals surface area contributed by atoms with Crippen LogP contribution in [0.5, 0.6) is 0 Å². The topological polar surface area (TPSA) is 49.4 Å². The van der Waals surface area contributed by atoms with Crippen molar-refractivity contribution in [3.63, 3.8) is 0 Å². The van der Waals surface area contributed by atoms with E-state index in [0.29, 0.717) is 19.4 Å². The molecule has 3 aliphatic rings. The number of thioether (sulfide) groups is 1. The fraction of sp³-hybridized carbons (Fsp3) is 0.529. The zero-order valence-corrected chi connectivity index (χ0v) is 13.3. The third-order valence-electron chi connectivity index (χ3n) is 5.10. The second-order valence-corrected chi connectivity index (χ2v) is 7.67. The summed E-state index contributed by atoms with van der Waals surface area (Å²) in [6.07, 6.45) is 4.33. The van der Waals surface area contributed by atoms with Gasteiger partial charge >= 0.3 is 0 Å². The average Bonchev–Trinajstić information content (AvgIpc) is 3.10. The van der Waals surface area contributed by atoms with Gasteiger partial charge < -0.3 is 10.2 Å². The molecule has 0 spiro atoms. The molecule has 2 unspecified atom stereocenters. The lowest BCUT2D eigenvalue weighted by atomic mass is 9.87. The number of carbonyl (C=O) groups excluding carboxylic acids is 2. The average molecular weight is 316 g/mol. The predicted octanol–water partition coefficient (Wildman–Crippen LogP) is 2.25. The molecule has 116 valence electrons. The number of aryl methyl sites for hydroxylation is 1. The van der Waals surface area contributed by atoms with Crippen LogP contribution in [0, 0.1) is 0 Å². The molecule has 2 fully saturated rings. The molecule has 22 heavy (non-hydrogen) atoms. The highest BCUT2D eigenvalue weighted by Crippen LogP contribution is 2.45. The fourth-order valence-corrected chi connectivity index (χ4v) is 5.38. The van der Waals surface area contributed by atoms with Crippen molar-refractivity contribution in [1.29, 1.82) is 0 Å². The van der Waals surface area contributed by atoms with Gasteiger partial charge in [0.1, 0.15) is 0 Å². The Balaban J connectivity index is 1.57. The molecule has 0 bridgehead atoms. The molecule has 4 nitrogen and oxygen atoms in total. The van der Waals surface area contributed by atoms with E-state index in [-0.39, 0.29) is 17.9 Å². The highest BCUT2D eigenvalue weighted by Gasteiger charge is 2.54. The van der Waals surface area contributed by atoms with E-state index < -0.39 is 4.87 Å². The van der Waals surface area contributed by atoms with Gasteiger partial charge in [-0.25, -0.2) is 0 Å². The number of nitrogens with one attached hydrogen (secondary N) is 1. The molecule has 4 rings (SSSR count). The smallest absolute Gasteiger partial charge is 0.257 e. The molecule has 2 saturated heterocycles. The lowest BCUT2D eigenvalue weighted by Gasteiger charge is -2.33. The zero-order chi connectivity index (χ0) is 15.2. The number of amides is 2. The summed E-state index contributed by atoms with van der Waals surface area (Å²) in [5.41, 5.74) is 2.59.